The molecule has 1 saturated heterocycles. The second kappa shape index (κ2) is 7.58. The molecule has 0 radical (unpaired) electrons. The van der Waals surface area contributed by atoms with Crippen LogP contribution in [-0.2, 0) is 16.4 Å². The van der Waals surface area contributed by atoms with E-state index in [0.717, 1.165) is 37.2 Å². The number of nitrogens with one attached hydrogen (secondary N) is 1. The minimum absolute atomic E-state index is 0.353. The van der Waals surface area contributed by atoms with E-state index in [1.165, 1.54) is 18.4 Å². The van der Waals surface area contributed by atoms with Crippen molar-refractivity contribution < 1.29 is 8.42 Å². The van der Waals surface area contributed by atoms with E-state index in [1.54, 1.807) is 28.6 Å². The van der Waals surface area contributed by atoms with Crippen LogP contribution >= 0.6 is 0 Å². The Labute approximate surface area is 172 Å². The minimum Gasteiger partial charge on any atom is -0.317 e. The number of hydrogen-bond donors (Lipinski definition) is 1. The lowest BCUT2D eigenvalue weighted by Gasteiger charge is -2.19. The van der Waals surface area contributed by atoms with Crippen molar-refractivity contribution in [2.75, 3.05) is 23.9 Å². The van der Waals surface area contributed by atoms with Gasteiger partial charge in [-0.15, -0.1) is 0 Å². The monoisotopic (exact) mass is 409 g/mol. The third-order valence-electron chi connectivity index (χ3n) is 6.34. The van der Waals surface area contributed by atoms with Gasteiger partial charge in [-0.05, 0) is 74.0 Å². The van der Waals surface area contributed by atoms with E-state index in [9.17, 15) is 8.42 Å². The van der Waals surface area contributed by atoms with Gasteiger partial charge in [-0.2, -0.15) is 0 Å². The topological polar surface area (TPSA) is 61.8 Å². The summed E-state index contributed by atoms with van der Waals surface area (Å²) in [7, 11) is -3.50. The molecule has 2 unspecified atom stereocenters. The fourth-order valence-corrected chi connectivity index (χ4v) is 6.05. The zero-order chi connectivity index (χ0) is 19.8. The lowest BCUT2D eigenvalue weighted by atomic mass is 10.00. The molecule has 2 aromatic rings. The summed E-state index contributed by atoms with van der Waals surface area (Å²) in [5, 5.41) is 3.39. The molecule has 6 heteroatoms. The van der Waals surface area contributed by atoms with Crippen molar-refractivity contribution in [2.24, 2.45) is 10.9 Å². The first-order chi connectivity index (χ1) is 14.1. The molecule has 1 saturated carbocycles. The van der Waals surface area contributed by atoms with Crippen LogP contribution in [-0.4, -0.2) is 40.3 Å². The smallest absolute Gasteiger partial charge is 0.264 e. The molecule has 1 aliphatic carbocycles. The van der Waals surface area contributed by atoms with E-state index in [0.29, 0.717) is 29.3 Å². The highest BCUT2D eigenvalue weighted by molar-refractivity contribution is 7.92. The van der Waals surface area contributed by atoms with Gasteiger partial charge in [0.2, 0.25) is 0 Å². The van der Waals surface area contributed by atoms with Gasteiger partial charge in [-0.3, -0.25) is 9.30 Å². The number of benzene rings is 2. The van der Waals surface area contributed by atoms with Crippen molar-refractivity contribution in [3.8, 4) is 0 Å². The number of anilines is 1. The maximum atomic E-state index is 13.0. The highest BCUT2D eigenvalue weighted by atomic mass is 32.2. The number of sulfonamides is 1. The number of nitrogens with zero attached hydrogens (tertiary/aromatic N) is 2. The van der Waals surface area contributed by atoms with Gasteiger partial charge >= 0.3 is 0 Å². The van der Waals surface area contributed by atoms with E-state index in [2.05, 4.69) is 23.7 Å². The molecule has 2 aliphatic heterocycles. The lowest BCUT2D eigenvalue weighted by Crippen LogP contribution is -2.29. The average Bonchev–Trinajstić information content (AvgIpc) is 3.41. The van der Waals surface area contributed by atoms with Crippen molar-refractivity contribution in [1.82, 2.24) is 5.32 Å². The van der Waals surface area contributed by atoms with Crippen LogP contribution in [0.15, 0.2) is 58.4 Å². The quantitative estimate of drug-likeness (QED) is 0.771. The van der Waals surface area contributed by atoms with Gasteiger partial charge in [-0.25, -0.2) is 8.42 Å². The highest BCUT2D eigenvalue weighted by Crippen LogP contribution is 2.45. The standard InChI is InChI=1S/C23H27N3O2S/c27-29(28,20-4-2-1-3-5-20)26-13-10-19-14-18(6-7-23(19)26)21-15-22(21)25-16-17-8-11-24-12-9-17/h1-7,14,16-17,21-22,24H,8-13,15H2. The molecule has 152 valence electrons. The molecule has 2 fully saturated rings. The van der Waals surface area contributed by atoms with Crippen LogP contribution in [0, 0.1) is 5.92 Å². The molecule has 2 atom stereocenters. The van der Waals surface area contributed by atoms with Crippen molar-refractivity contribution in [2.45, 2.75) is 42.5 Å². The molecule has 3 aliphatic rings. The van der Waals surface area contributed by atoms with Crippen LogP contribution in [0.2, 0.25) is 0 Å². The fraction of sp³-hybridized carbons (Fsp3) is 0.435. The van der Waals surface area contributed by atoms with Crippen molar-refractivity contribution in [1.29, 1.82) is 0 Å². The number of aliphatic imine (C=N–C) groups is 1. The Kier molecular flexibility index (Phi) is 4.92. The molecule has 2 heterocycles. The summed E-state index contributed by atoms with van der Waals surface area (Å²) in [4.78, 5) is 5.20. The van der Waals surface area contributed by atoms with Crippen molar-refractivity contribution >= 4 is 21.9 Å². The lowest BCUT2D eigenvalue weighted by molar-refractivity contribution is 0.461. The van der Waals surface area contributed by atoms with Gasteiger partial charge in [0.05, 0.1) is 16.6 Å². The third-order valence-corrected chi connectivity index (χ3v) is 8.17. The Morgan fingerprint density at radius 2 is 1.86 bits per heavy atom. The van der Waals surface area contributed by atoms with E-state index < -0.39 is 10.0 Å². The summed E-state index contributed by atoms with van der Waals surface area (Å²) in [6.07, 6.45) is 6.43. The molecule has 0 aromatic heterocycles. The summed E-state index contributed by atoms with van der Waals surface area (Å²) < 4.78 is 27.6. The Morgan fingerprint density at radius 1 is 1.07 bits per heavy atom. The molecule has 2 aromatic carbocycles. The summed E-state index contributed by atoms with van der Waals surface area (Å²) in [5.41, 5.74) is 3.26. The molecule has 0 bridgehead atoms. The maximum absolute atomic E-state index is 13.0. The van der Waals surface area contributed by atoms with E-state index in [4.69, 9.17) is 4.99 Å². The number of rotatable bonds is 5. The summed E-state index contributed by atoms with van der Waals surface area (Å²) in [5.74, 6) is 1.10. The van der Waals surface area contributed by atoms with Gasteiger partial charge in [0.25, 0.3) is 10.0 Å². The molecule has 0 spiro atoms. The molecule has 5 nitrogen and oxygen atoms in total. The number of piperidine rings is 1. The zero-order valence-electron chi connectivity index (χ0n) is 16.5. The molecule has 1 N–H and O–H groups in total. The van der Waals surface area contributed by atoms with E-state index >= 15 is 0 Å². The Balaban J connectivity index is 1.30. The first kappa shape index (κ1) is 18.8. The second-order valence-electron chi connectivity index (χ2n) is 8.32. The van der Waals surface area contributed by atoms with E-state index in [-0.39, 0.29) is 0 Å². The molecule has 5 rings (SSSR count). The van der Waals surface area contributed by atoms with E-state index in [1.807, 2.05) is 12.1 Å². The number of hydrogen-bond acceptors (Lipinski definition) is 4. The summed E-state index contributed by atoms with van der Waals surface area (Å²) in [6.45, 7) is 2.70. The first-order valence-electron chi connectivity index (χ1n) is 10.6. The summed E-state index contributed by atoms with van der Waals surface area (Å²) in [6, 6.07) is 15.4. The SMILES string of the molecule is O=S(=O)(c1ccccc1)N1CCc2cc(C3CC3N=CC3CCNCC3)ccc21. The molecular weight excluding hydrogens is 382 g/mol. The van der Waals surface area contributed by atoms with Crippen LogP contribution in [0.5, 0.6) is 0 Å². The predicted octanol–water partition coefficient (Wildman–Crippen LogP) is 3.36. The summed E-state index contributed by atoms with van der Waals surface area (Å²) >= 11 is 0. The minimum atomic E-state index is -3.50. The van der Waals surface area contributed by atoms with Gasteiger partial charge in [0.1, 0.15) is 0 Å². The average molecular weight is 410 g/mol. The largest absolute Gasteiger partial charge is 0.317 e. The molecule has 29 heavy (non-hydrogen) atoms. The normalized spacial score (nSPS) is 24.8. The number of fused-ring (bicyclic) bond motifs is 1. The predicted molar refractivity (Wildman–Crippen MR) is 116 cm³/mol. The van der Waals surface area contributed by atoms with Gasteiger partial charge in [0.15, 0.2) is 0 Å². The highest BCUT2D eigenvalue weighted by Gasteiger charge is 2.39. The second-order valence-corrected chi connectivity index (χ2v) is 10.2. The van der Waals surface area contributed by atoms with Gasteiger partial charge in [-0.1, -0.05) is 30.3 Å². The van der Waals surface area contributed by atoms with Crippen LogP contribution in [0.25, 0.3) is 0 Å². The Bertz CT molecular complexity index is 1010. The zero-order valence-corrected chi connectivity index (χ0v) is 17.3. The fourth-order valence-electron chi connectivity index (χ4n) is 4.52. The van der Waals surface area contributed by atoms with Crippen LogP contribution < -0.4 is 9.62 Å². The van der Waals surface area contributed by atoms with Gasteiger partial charge in [0, 0.05) is 18.7 Å². The van der Waals surface area contributed by atoms with Crippen LogP contribution in [0.3, 0.4) is 0 Å². The van der Waals surface area contributed by atoms with Crippen molar-refractivity contribution in [3.63, 3.8) is 0 Å². The van der Waals surface area contributed by atoms with Crippen molar-refractivity contribution in [3.05, 3.63) is 59.7 Å². The Morgan fingerprint density at radius 3 is 2.66 bits per heavy atom. The maximum Gasteiger partial charge on any atom is 0.264 e. The van der Waals surface area contributed by atoms with Crippen LogP contribution in [0.1, 0.15) is 36.3 Å². The first-order valence-corrected chi connectivity index (χ1v) is 12.0. The third kappa shape index (κ3) is 3.71. The Hall–Kier alpha value is -2.18. The van der Waals surface area contributed by atoms with Gasteiger partial charge < -0.3 is 5.32 Å². The molecule has 0 amide bonds. The molecular formula is C23H27N3O2S. The van der Waals surface area contributed by atoms with Crippen LogP contribution in [0.4, 0.5) is 5.69 Å².